The van der Waals surface area contributed by atoms with E-state index < -0.39 is 0 Å². The van der Waals surface area contributed by atoms with E-state index in [4.69, 9.17) is 0 Å². The van der Waals surface area contributed by atoms with Gasteiger partial charge >= 0.3 is 0 Å². The van der Waals surface area contributed by atoms with E-state index in [-0.39, 0.29) is 17.4 Å². The van der Waals surface area contributed by atoms with Crippen molar-refractivity contribution >= 4 is 11.8 Å². The average molecular weight is 361 g/mol. The van der Waals surface area contributed by atoms with Gasteiger partial charge < -0.3 is 10.2 Å². The molecule has 2 amide bonds. The highest BCUT2D eigenvalue weighted by Crippen LogP contribution is 2.66. The first-order valence-corrected chi connectivity index (χ1v) is 10.8. The first-order valence-electron chi connectivity index (χ1n) is 10.8. The summed E-state index contributed by atoms with van der Waals surface area (Å²) in [5.41, 5.74) is 0.944. The van der Waals surface area contributed by atoms with Crippen LogP contribution in [0.3, 0.4) is 0 Å². The summed E-state index contributed by atoms with van der Waals surface area (Å²) in [5.74, 6) is 1.77. The maximum Gasteiger partial charge on any atom is 0.222 e. The highest BCUT2D eigenvalue weighted by Gasteiger charge is 2.60. The van der Waals surface area contributed by atoms with E-state index in [0.717, 1.165) is 31.8 Å². The molecule has 1 heterocycles. The average Bonchev–Trinajstić information content (AvgIpc) is 2.50. The van der Waals surface area contributed by atoms with Crippen LogP contribution in [-0.4, -0.2) is 35.3 Å². The van der Waals surface area contributed by atoms with E-state index in [0.29, 0.717) is 29.6 Å². The van der Waals surface area contributed by atoms with Crippen LogP contribution in [0.5, 0.6) is 0 Å². The lowest BCUT2D eigenvalue weighted by Gasteiger charge is -2.65. The third kappa shape index (κ3) is 3.41. The quantitative estimate of drug-likeness (QED) is 0.827. The lowest BCUT2D eigenvalue weighted by Crippen LogP contribution is -2.65. The summed E-state index contributed by atoms with van der Waals surface area (Å²) >= 11 is 0. The Morgan fingerprint density at radius 3 is 2.15 bits per heavy atom. The molecule has 0 aromatic rings. The van der Waals surface area contributed by atoms with Gasteiger partial charge in [-0.15, -0.1) is 0 Å². The van der Waals surface area contributed by atoms with Gasteiger partial charge in [0.05, 0.1) is 0 Å². The third-order valence-corrected chi connectivity index (χ3v) is 7.77. The topological polar surface area (TPSA) is 49.4 Å². The minimum Gasteiger partial charge on any atom is -0.351 e. The molecule has 0 spiro atoms. The van der Waals surface area contributed by atoms with Gasteiger partial charge in [0, 0.05) is 31.5 Å². The molecule has 4 heteroatoms. The van der Waals surface area contributed by atoms with Crippen molar-refractivity contribution in [1.29, 1.82) is 0 Å². The number of amides is 2. The van der Waals surface area contributed by atoms with Crippen LogP contribution in [0, 0.1) is 22.7 Å². The molecule has 0 radical (unpaired) electrons. The lowest BCUT2D eigenvalue weighted by atomic mass is 9.43. The van der Waals surface area contributed by atoms with Crippen LogP contribution < -0.4 is 5.32 Å². The summed E-state index contributed by atoms with van der Waals surface area (Å²) in [6.07, 6.45) is 10.8. The first kappa shape index (κ1) is 18.3. The Morgan fingerprint density at radius 1 is 1.00 bits per heavy atom. The van der Waals surface area contributed by atoms with Gasteiger partial charge in [-0.05, 0) is 74.0 Å². The van der Waals surface area contributed by atoms with Gasteiger partial charge in [0.15, 0.2) is 0 Å². The molecule has 4 nitrogen and oxygen atoms in total. The monoisotopic (exact) mass is 360 g/mol. The molecular weight excluding hydrogens is 324 g/mol. The van der Waals surface area contributed by atoms with Crippen molar-refractivity contribution in [3.8, 4) is 0 Å². The minimum atomic E-state index is 0.0683. The molecule has 1 saturated heterocycles. The van der Waals surface area contributed by atoms with E-state index in [1.165, 1.54) is 38.5 Å². The van der Waals surface area contributed by atoms with Crippen molar-refractivity contribution in [1.82, 2.24) is 10.2 Å². The van der Waals surface area contributed by atoms with E-state index >= 15 is 0 Å². The number of hydrogen-bond donors (Lipinski definition) is 1. The molecule has 1 N–H and O–H groups in total. The second-order valence-electron chi connectivity index (χ2n) is 10.8. The maximum atomic E-state index is 12.9. The maximum absolute atomic E-state index is 12.9. The zero-order valence-electron chi connectivity index (χ0n) is 16.9. The second-order valence-corrected chi connectivity index (χ2v) is 10.8. The highest BCUT2D eigenvalue weighted by molar-refractivity contribution is 5.77. The number of piperidine rings is 1. The van der Waals surface area contributed by atoms with Gasteiger partial charge in [-0.2, -0.15) is 0 Å². The Balaban J connectivity index is 1.34. The molecule has 146 valence electrons. The van der Waals surface area contributed by atoms with Gasteiger partial charge in [-0.25, -0.2) is 0 Å². The van der Waals surface area contributed by atoms with Crippen molar-refractivity contribution < 1.29 is 9.59 Å². The Labute approximate surface area is 158 Å². The molecular formula is C22H36N2O2. The fraction of sp³-hybridized carbons (Fsp3) is 0.909. The zero-order chi connectivity index (χ0) is 18.6. The number of nitrogens with zero attached hydrogens (tertiary/aromatic N) is 1. The number of rotatable bonds is 4. The molecule has 4 aliphatic carbocycles. The number of likely N-dealkylation sites (tertiary alicyclic amines) is 1. The van der Waals surface area contributed by atoms with Crippen LogP contribution in [0.25, 0.3) is 0 Å². The Bertz CT molecular complexity index is 575. The Kier molecular flexibility index (Phi) is 4.39. The van der Waals surface area contributed by atoms with Crippen LogP contribution in [0.15, 0.2) is 0 Å². The summed E-state index contributed by atoms with van der Waals surface area (Å²) in [6.45, 7) is 8.49. The molecule has 5 rings (SSSR count). The number of hydrogen-bond acceptors (Lipinski definition) is 2. The molecule has 1 aliphatic heterocycles. The van der Waals surface area contributed by atoms with Gasteiger partial charge in [-0.3, -0.25) is 9.59 Å². The second kappa shape index (κ2) is 6.24. The number of carbonyl (C=O) groups is 2. The van der Waals surface area contributed by atoms with Gasteiger partial charge in [0.25, 0.3) is 0 Å². The van der Waals surface area contributed by atoms with Crippen molar-refractivity contribution in [2.24, 2.45) is 22.7 Å². The Hall–Kier alpha value is -1.06. The molecule has 2 unspecified atom stereocenters. The van der Waals surface area contributed by atoms with E-state index in [2.05, 4.69) is 19.2 Å². The van der Waals surface area contributed by atoms with Crippen LogP contribution >= 0.6 is 0 Å². The Morgan fingerprint density at radius 2 is 1.62 bits per heavy atom. The standard InChI is InChI=1S/C22H36N2O2/c1-4-19(26)24-7-5-16(6-8-24)9-18(25)23-22-12-17-10-20(2,14-22)13-21(3,11-17)15-22/h16-17H,4-15H2,1-3H3,(H,23,25). The molecule has 5 aliphatic rings. The van der Waals surface area contributed by atoms with Crippen molar-refractivity contribution in [3.05, 3.63) is 0 Å². The van der Waals surface area contributed by atoms with Crippen LogP contribution in [0.4, 0.5) is 0 Å². The number of carbonyl (C=O) groups excluding carboxylic acids is 2. The van der Waals surface area contributed by atoms with Crippen molar-refractivity contribution in [3.63, 3.8) is 0 Å². The molecule has 0 aromatic carbocycles. The molecule has 4 bridgehead atoms. The highest BCUT2D eigenvalue weighted by atomic mass is 16.2. The summed E-state index contributed by atoms with van der Waals surface area (Å²) in [4.78, 5) is 26.7. The van der Waals surface area contributed by atoms with E-state index in [1.807, 2.05) is 11.8 Å². The zero-order valence-corrected chi connectivity index (χ0v) is 16.9. The van der Waals surface area contributed by atoms with Crippen LogP contribution in [-0.2, 0) is 9.59 Å². The fourth-order valence-electron chi connectivity index (χ4n) is 7.81. The van der Waals surface area contributed by atoms with Crippen molar-refractivity contribution in [2.45, 2.75) is 90.5 Å². The fourth-order valence-corrected chi connectivity index (χ4v) is 7.81. The predicted molar refractivity (Wildman–Crippen MR) is 102 cm³/mol. The number of nitrogens with one attached hydrogen (secondary N) is 1. The molecule has 2 atom stereocenters. The first-order chi connectivity index (χ1) is 12.2. The van der Waals surface area contributed by atoms with E-state index in [1.54, 1.807) is 0 Å². The summed E-state index contributed by atoms with van der Waals surface area (Å²) in [7, 11) is 0. The normalized spacial score (nSPS) is 42.1. The molecule has 5 fully saturated rings. The summed E-state index contributed by atoms with van der Waals surface area (Å²) < 4.78 is 0. The SMILES string of the molecule is CCC(=O)N1CCC(CC(=O)NC23CC4CC(C)(CC(C)(C4)C2)C3)CC1. The molecule has 4 saturated carbocycles. The minimum absolute atomic E-state index is 0.0683. The van der Waals surface area contributed by atoms with Gasteiger partial charge in [0.2, 0.25) is 11.8 Å². The van der Waals surface area contributed by atoms with Crippen molar-refractivity contribution in [2.75, 3.05) is 13.1 Å². The lowest BCUT2D eigenvalue weighted by molar-refractivity contribution is -0.140. The van der Waals surface area contributed by atoms with Gasteiger partial charge in [-0.1, -0.05) is 20.8 Å². The van der Waals surface area contributed by atoms with Crippen LogP contribution in [0.1, 0.15) is 85.0 Å². The van der Waals surface area contributed by atoms with Gasteiger partial charge in [0.1, 0.15) is 0 Å². The van der Waals surface area contributed by atoms with Crippen LogP contribution in [0.2, 0.25) is 0 Å². The summed E-state index contributed by atoms with van der Waals surface area (Å²) in [5, 5.41) is 3.55. The molecule has 26 heavy (non-hydrogen) atoms. The largest absolute Gasteiger partial charge is 0.351 e. The third-order valence-electron chi connectivity index (χ3n) is 7.77. The van der Waals surface area contributed by atoms with E-state index in [9.17, 15) is 9.59 Å². The predicted octanol–water partition coefficient (Wildman–Crippen LogP) is 3.89. The molecule has 0 aromatic heterocycles. The summed E-state index contributed by atoms with van der Waals surface area (Å²) in [6, 6.07) is 0. The smallest absolute Gasteiger partial charge is 0.222 e.